The number of anilines is 2. The first-order valence-electron chi connectivity index (χ1n) is 8.27. The lowest BCUT2D eigenvalue weighted by atomic mass is 10.2. The zero-order chi connectivity index (χ0) is 19.6. The van der Waals surface area contributed by atoms with E-state index < -0.39 is 5.97 Å². The molecule has 0 fully saturated rings. The number of nitrogens with zero attached hydrogens (tertiary/aromatic N) is 3. The zero-order valence-corrected chi connectivity index (χ0v) is 16.1. The van der Waals surface area contributed by atoms with Crippen LogP contribution in [0.2, 0.25) is 0 Å². The number of carboxylic acids is 1. The molecule has 0 saturated carbocycles. The van der Waals surface area contributed by atoms with Gasteiger partial charge in [0.1, 0.15) is 5.69 Å². The number of amides is 1. The Morgan fingerprint density at radius 2 is 1.96 bits per heavy atom. The van der Waals surface area contributed by atoms with Gasteiger partial charge in [-0.1, -0.05) is 0 Å². The Bertz CT molecular complexity index is 973. The first kappa shape index (κ1) is 18.7. The van der Waals surface area contributed by atoms with Crippen LogP contribution in [0.5, 0.6) is 0 Å². The van der Waals surface area contributed by atoms with E-state index >= 15 is 0 Å². The molecule has 3 aromatic rings. The van der Waals surface area contributed by atoms with Crippen molar-refractivity contribution in [1.82, 2.24) is 9.55 Å². The Hall–Kier alpha value is -3.13. The highest BCUT2D eigenvalue weighted by Crippen LogP contribution is 2.23. The maximum atomic E-state index is 12.7. The number of aromatic nitrogens is 2. The van der Waals surface area contributed by atoms with Crippen molar-refractivity contribution in [1.29, 1.82) is 0 Å². The van der Waals surface area contributed by atoms with E-state index in [4.69, 9.17) is 5.11 Å². The lowest BCUT2D eigenvalue weighted by Gasteiger charge is -2.09. The average molecular weight is 384 g/mol. The molecule has 2 N–H and O–H groups in total. The van der Waals surface area contributed by atoms with E-state index in [0.29, 0.717) is 17.9 Å². The molecule has 0 aliphatic carbocycles. The summed E-state index contributed by atoms with van der Waals surface area (Å²) < 4.78 is 1.89. The van der Waals surface area contributed by atoms with E-state index in [0.717, 1.165) is 15.6 Å². The molecule has 0 spiro atoms. The van der Waals surface area contributed by atoms with Gasteiger partial charge in [-0.2, -0.15) is 0 Å². The molecule has 0 aliphatic rings. The number of rotatable bonds is 6. The number of aryl methyl sites for hydroxylation is 1. The highest BCUT2D eigenvalue weighted by atomic mass is 32.1. The predicted octanol–water partition coefficient (Wildman–Crippen LogP) is 3.32. The fourth-order valence-electron chi connectivity index (χ4n) is 2.61. The van der Waals surface area contributed by atoms with Gasteiger partial charge in [0.15, 0.2) is 5.13 Å². The van der Waals surface area contributed by atoms with Crippen LogP contribution in [0.3, 0.4) is 0 Å². The summed E-state index contributed by atoms with van der Waals surface area (Å²) in [6, 6.07) is 7.90. The molecular formula is C19H20N4O3S. The number of hydrogen-bond acceptors (Lipinski definition) is 5. The van der Waals surface area contributed by atoms with Crippen LogP contribution in [-0.2, 0) is 6.54 Å². The second-order valence-corrected chi connectivity index (χ2v) is 7.46. The van der Waals surface area contributed by atoms with Crippen molar-refractivity contribution < 1.29 is 14.7 Å². The molecule has 0 saturated heterocycles. The van der Waals surface area contributed by atoms with E-state index in [2.05, 4.69) is 10.3 Å². The van der Waals surface area contributed by atoms with Crippen LogP contribution >= 0.6 is 11.3 Å². The van der Waals surface area contributed by atoms with Crippen molar-refractivity contribution in [3.63, 3.8) is 0 Å². The van der Waals surface area contributed by atoms with E-state index in [1.807, 2.05) is 48.9 Å². The first-order valence-corrected chi connectivity index (χ1v) is 9.08. The number of hydrogen-bond donors (Lipinski definition) is 2. The van der Waals surface area contributed by atoms with Crippen LogP contribution < -0.4 is 10.2 Å². The van der Waals surface area contributed by atoms with E-state index in [9.17, 15) is 9.59 Å². The lowest BCUT2D eigenvalue weighted by Crippen LogP contribution is -2.17. The Kier molecular flexibility index (Phi) is 5.27. The third-order valence-corrected chi connectivity index (χ3v) is 5.06. The van der Waals surface area contributed by atoms with E-state index in [1.54, 1.807) is 23.5 Å². The van der Waals surface area contributed by atoms with Gasteiger partial charge in [-0.15, -0.1) is 11.3 Å². The molecule has 27 heavy (non-hydrogen) atoms. The molecule has 3 rings (SSSR count). The number of carbonyl (C=O) groups is 2. The number of carboxylic acid groups (broad SMARTS) is 1. The molecule has 1 amide bonds. The van der Waals surface area contributed by atoms with E-state index in [-0.39, 0.29) is 11.5 Å². The summed E-state index contributed by atoms with van der Waals surface area (Å²) in [4.78, 5) is 31.0. The van der Waals surface area contributed by atoms with Gasteiger partial charge in [0.25, 0.3) is 5.91 Å². The minimum absolute atomic E-state index is 0.175. The summed E-state index contributed by atoms with van der Waals surface area (Å²) in [7, 11) is 3.88. The molecule has 0 unspecified atom stereocenters. The Balaban J connectivity index is 1.77. The molecule has 0 bridgehead atoms. The molecule has 140 valence electrons. The number of carbonyl (C=O) groups excluding carboxylic acids is 1. The summed E-state index contributed by atoms with van der Waals surface area (Å²) >= 11 is 1.58. The standard InChI is InChI=1S/C19H20N4O3S/c1-12-8-16(17(24)21-14-6-4-13(5-7-14)18(25)26)23(10-12)11-15-9-20-19(27-15)22(2)3/h4-10H,11H2,1-3H3,(H,21,24)(H,25,26). The molecule has 2 aromatic heterocycles. The fraction of sp³-hybridized carbons (Fsp3) is 0.211. The first-order chi connectivity index (χ1) is 12.8. The third-order valence-electron chi connectivity index (χ3n) is 3.91. The van der Waals surface area contributed by atoms with Crippen molar-refractivity contribution in [2.45, 2.75) is 13.5 Å². The molecule has 1 aromatic carbocycles. The molecule has 7 nitrogen and oxygen atoms in total. The Labute approximate surface area is 160 Å². The predicted molar refractivity (Wildman–Crippen MR) is 106 cm³/mol. The summed E-state index contributed by atoms with van der Waals surface area (Å²) in [5.74, 6) is -1.25. The monoisotopic (exact) mass is 384 g/mol. The maximum Gasteiger partial charge on any atom is 0.335 e. The maximum absolute atomic E-state index is 12.7. The zero-order valence-electron chi connectivity index (χ0n) is 15.3. The molecule has 0 aliphatic heterocycles. The van der Waals surface area contributed by atoms with Gasteiger partial charge in [0, 0.05) is 37.1 Å². The minimum Gasteiger partial charge on any atom is -0.478 e. The van der Waals surface area contributed by atoms with Gasteiger partial charge >= 0.3 is 5.97 Å². The molecule has 0 radical (unpaired) electrons. The normalized spacial score (nSPS) is 10.6. The second kappa shape index (κ2) is 7.63. The highest BCUT2D eigenvalue weighted by Gasteiger charge is 2.15. The number of benzene rings is 1. The van der Waals surface area contributed by atoms with Crippen LogP contribution in [0.4, 0.5) is 10.8 Å². The SMILES string of the molecule is Cc1cc(C(=O)Nc2ccc(C(=O)O)cc2)n(Cc2cnc(N(C)C)s2)c1. The molecular weight excluding hydrogens is 364 g/mol. The minimum atomic E-state index is -1.00. The highest BCUT2D eigenvalue weighted by molar-refractivity contribution is 7.15. The molecule has 8 heteroatoms. The lowest BCUT2D eigenvalue weighted by molar-refractivity contribution is 0.0696. The summed E-state index contributed by atoms with van der Waals surface area (Å²) in [6.45, 7) is 2.49. The van der Waals surface area contributed by atoms with Crippen molar-refractivity contribution >= 4 is 34.0 Å². The Morgan fingerprint density at radius 3 is 2.56 bits per heavy atom. The van der Waals surface area contributed by atoms with Gasteiger partial charge in [0.2, 0.25) is 0 Å². The van der Waals surface area contributed by atoms with Crippen LogP contribution in [0, 0.1) is 6.92 Å². The van der Waals surface area contributed by atoms with Crippen molar-refractivity contribution in [3.8, 4) is 0 Å². The fourth-order valence-corrected chi connectivity index (χ4v) is 3.45. The quantitative estimate of drug-likeness (QED) is 0.681. The largest absolute Gasteiger partial charge is 0.478 e. The van der Waals surface area contributed by atoms with Crippen LogP contribution in [0.15, 0.2) is 42.7 Å². The van der Waals surface area contributed by atoms with Crippen molar-refractivity contribution in [3.05, 3.63) is 64.4 Å². The van der Waals surface area contributed by atoms with Gasteiger partial charge in [-0.05, 0) is 42.8 Å². The smallest absolute Gasteiger partial charge is 0.335 e. The van der Waals surface area contributed by atoms with Crippen molar-refractivity contribution in [2.24, 2.45) is 0 Å². The van der Waals surface area contributed by atoms with Gasteiger partial charge in [-0.3, -0.25) is 4.79 Å². The number of aromatic carboxylic acids is 1. The van der Waals surface area contributed by atoms with Gasteiger partial charge in [0.05, 0.1) is 12.1 Å². The third kappa shape index (κ3) is 4.35. The van der Waals surface area contributed by atoms with Gasteiger partial charge in [-0.25, -0.2) is 9.78 Å². The van der Waals surface area contributed by atoms with Crippen LogP contribution in [-0.4, -0.2) is 40.6 Å². The topological polar surface area (TPSA) is 87.5 Å². The van der Waals surface area contributed by atoms with E-state index in [1.165, 1.54) is 12.1 Å². The summed E-state index contributed by atoms with van der Waals surface area (Å²) in [6.07, 6.45) is 3.75. The molecule has 2 heterocycles. The molecule has 0 atom stereocenters. The summed E-state index contributed by atoms with van der Waals surface area (Å²) in [5.41, 5.74) is 2.24. The average Bonchev–Trinajstić information content (AvgIpc) is 3.22. The van der Waals surface area contributed by atoms with Gasteiger partial charge < -0.3 is 19.9 Å². The van der Waals surface area contributed by atoms with Crippen LogP contribution in [0.1, 0.15) is 31.3 Å². The second-order valence-electron chi connectivity index (χ2n) is 6.37. The van der Waals surface area contributed by atoms with Crippen molar-refractivity contribution in [2.75, 3.05) is 24.3 Å². The summed E-state index contributed by atoms with van der Waals surface area (Å²) in [5, 5.41) is 12.7. The number of nitrogens with one attached hydrogen (secondary N) is 1. The number of thiazole rings is 1. The Morgan fingerprint density at radius 1 is 1.26 bits per heavy atom. The van der Waals surface area contributed by atoms with Crippen LogP contribution in [0.25, 0.3) is 0 Å².